The van der Waals surface area contributed by atoms with Gasteiger partial charge in [-0.2, -0.15) is 5.26 Å². The zero-order valence-electron chi connectivity index (χ0n) is 20.8. The molecule has 7 nitrogen and oxygen atoms in total. The highest BCUT2D eigenvalue weighted by Gasteiger charge is 2.61. The van der Waals surface area contributed by atoms with Crippen LogP contribution in [0.4, 0.5) is 10.5 Å². The molecule has 4 aliphatic carbocycles. The number of hydrogen-bond donors (Lipinski definition) is 2. The van der Waals surface area contributed by atoms with Crippen LogP contribution in [-0.2, 0) is 9.63 Å². The number of allylic oxidation sites excluding steroid dienone is 4. The average Bonchev–Trinajstić information content (AvgIpc) is 3.14. The molecule has 0 saturated heterocycles. The third kappa shape index (κ3) is 4.23. The normalized spacial score (nSPS) is 32.0. The number of carbonyl (C=O) groups is 2. The van der Waals surface area contributed by atoms with Crippen LogP contribution in [0.2, 0.25) is 0 Å². The van der Waals surface area contributed by atoms with Gasteiger partial charge in [0.05, 0.1) is 18.2 Å². The first-order chi connectivity index (χ1) is 17.3. The highest BCUT2D eigenvalue weighted by molar-refractivity contribution is 5.98. The molecule has 188 valence electrons. The van der Waals surface area contributed by atoms with Crippen molar-refractivity contribution in [2.45, 2.75) is 71.1 Å². The van der Waals surface area contributed by atoms with Crippen molar-refractivity contribution < 1.29 is 19.5 Å². The van der Waals surface area contributed by atoms with E-state index in [1.807, 2.05) is 18.2 Å². The maximum Gasteiger partial charge on any atom is 0.437 e. The van der Waals surface area contributed by atoms with Crippen molar-refractivity contribution in [1.82, 2.24) is 0 Å². The molecular weight excluding hydrogens is 454 g/mol. The Morgan fingerprint density at radius 3 is 2.72 bits per heavy atom. The molecule has 2 saturated carbocycles. The van der Waals surface area contributed by atoms with Crippen LogP contribution in [0, 0.1) is 34.0 Å². The zero-order valence-corrected chi connectivity index (χ0v) is 20.8. The summed E-state index contributed by atoms with van der Waals surface area (Å²) in [5.41, 5.74) is 5.19. The minimum atomic E-state index is -0.788. The second-order valence-electron chi connectivity index (χ2n) is 11.0. The molecule has 5 rings (SSSR count). The molecule has 0 aliphatic heterocycles. The smallest absolute Gasteiger partial charge is 0.437 e. The summed E-state index contributed by atoms with van der Waals surface area (Å²) in [7, 11) is 0. The Labute approximate surface area is 211 Å². The molecule has 2 unspecified atom stereocenters. The van der Waals surface area contributed by atoms with Gasteiger partial charge >= 0.3 is 12.1 Å². The van der Waals surface area contributed by atoms with Gasteiger partial charge in [-0.3, -0.25) is 14.9 Å². The fraction of sp³-hybridized carbons (Fsp3) is 0.517. The number of carboxylic acid groups (broad SMARTS) is 1. The van der Waals surface area contributed by atoms with Crippen LogP contribution in [0.15, 0.2) is 58.3 Å². The molecule has 2 N–H and O–H groups in total. The Kier molecular flexibility index (Phi) is 6.46. The Morgan fingerprint density at radius 1 is 1.17 bits per heavy atom. The van der Waals surface area contributed by atoms with E-state index in [-0.39, 0.29) is 11.8 Å². The highest BCUT2D eigenvalue weighted by Crippen LogP contribution is 2.68. The molecular formula is C29H33N3O4. The van der Waals surface area contributed by atoms with Gasteiger partial charge in [0, 0.05) is 12.1 Å². The average molecular weight is 488 g/mol. The maximum absolute atomic E-state index is 12.1. The number of nitriles is 1. The number of para-hydroxylation sites is 1. The molecule has 0 heterocycles. The SMILES string of the molecule is C[C@]12CCC3=C4CCC(=NOC(=O)Nc5ccccc5)C=C4CCC3C1CC[C@]2(CC#N)CC(=O)O. The predicted octanol–water partition coefficient (Wildman–Crippen LogP) is 6.60. The number of amides is 1. The van der Waals surface area contributed by atoms with Crippen molar-refractivity contribution in [3.05, 3.63) is 53.1 Å². The van der Waals surface area contributed by atoms with Crippen LogP contribution >= 0.6 is 0 Å². The molecule has 4 atom stereocenters. The van der Waals surface area contributed by atoms with Gasteiger partial charge in [-0.15, -0.1) is 0 Å². The van der Waals surface area contributed by atoms with E-state index in [0.717, 1.165) is 57.1 Å². The van der Waals surface area contributed by atoms with Gasteiger partial charge in [0.2, 0.25) is 0 Å². The van der Waals surface area contributed by atoms with Crippen molar-refractivity contribution in [2.75, 3.05) is 5.32 Å². The first kappa shape index (κ1) is 24.3. The van der Waals surface area contributed by atoms with Crippen LogP contribution in [0.5, 0.6) is 0 Å². The van der Waals surface area contributed by atoms with E-state index in [4.69, 9.17) is 4.84 Å². The van der Waals surface area contributed by atoms with Gasteiger partial charge in [-0.25, -0.2) is 4.79 Å². The second-order valence-corrected chi connectivity index (χ2v) is 11.0. The standard InChI is InChI=1S/C29H33N3O4/c1-28-13-11-23-22-10-8-21(32-36-27(35)31-20-5-3-2-4-6-20)17-19(22)7-9-24(23)25(28)12-14-29(28,15-16-30)18-26(33)34/h2-6,17,24-25H,7-15,18H2,1H3,(H,31,35)(H,33,34)/t24?,25?,28-,29-/m0/s1. The van der Waals surface area contributed by atoms with Crippen molar-refractivity contribution in [3.8, 4) is 6.07 Å². The van der Waals surface area contributed by atoms with E-state index in [2.05, 4.69) is 29.5 Å². The third-order valence-electron chi connectivity index (χ3n) is 9.46. The minimum Gasteiger partial charge on any atom is -0.481 e. The van der Waals surface area contributed by atoms with Gasteiger partial charge in [0.25, 0.3) is 0 Å². The molecule has 0 bridgehead atoms. The van der Waals surface area contributed by atoms with Crippen LogP contribution in [-0.4, -0.2) is 22.9 Å². The summed E-state index contributed by atoms with van der Waals surface area (Å²) in [6, 6.07) is 11.5. The summed E-state index contributed by atoms with van der Waals surface area (Å²) in [5.74, 6) is 0.114. The van der Waals surface area contributed by atoms with Gasteiger partial charge in [-0.05, 0) is 103 Å². The minimum absolute atomic E-state index is 0.0923. The number of aliphatic carboxylic acids is 1. The fourth-order valence-corrected chi connectivity index (χ4v) is 7.69. The Balaban J connectivity index is 1.32. The van der Waals surface area contributed by atoms with Crippen molar-refractivity contribution in [1.29, 1.82) is 5.26 Å². The second kappa shape index (κ2) is 9.57. The fourth-order valence-electron chi connectivity index (χ4n) is 7.69. The van der Waals surface area contributed by atoms with Gasteiger partial charge < -0.3 is 5.11 Å². The lowest BCUT2D eigenvalue weighted by Gasteiger charge is -2.53. The van der Waals surface area contributed by atoms with Gasteiger partial charge in [0.1, 0.15) is 0 Å². The zero-order chi connectivity index (χ0) is 25.3. The Hall–Kier alpha value is -3.40. The number of anilines is 1. The molecule has 1 amide bonds. The summed E-state index contributed by atoms with van der Waals surface area (Å²) < 4.78 is 0. The van der Waals surface area contributed by atoms with E-state index in [9.17, 15) is 20.0 Å². The van der Waals surface area contributed by atoms with Gasteiger partial charge in [-0.1, -0.05) is 35.9 Å². The number of benzene rings is 1. The van der Waals surface area contributed by atoms with E-state index in [1.54, 1.807) is 17.7 Å². The Bertz CT molecular complexity index is 1190. The molecule has 7 heteroatoms. The quantitative estimate of drug-likeness (QED) is 0.359. The van der Waals surface area contributed by atoms with Crippen molar-refractivity contribution in [2.24, 2.45) is 27.8 Å². The number of nitrogens with one attached hydrogen (secondary N) is 1. The molecule has 2 fully saturated rings. The first-order valence-corrected chi connectivity index (χ1v) is 13.0. The molecule has 36 heavy (non-hydrogen) atoms. The number of nitrogens with zero attached hydrogens (tertiary/aromatic N) is 2. The summed E-state index contributed by atoms with van der Waals surface area (Å²) in [4.78, 5) is 29.0. The van der Waals surface area contributed by atoms with E-state index in [0.29, 0.717) is 23.9 Å². The summed E-state index contributed by atoms with van der Waals surface area (Å²) in [6.07, 6.45) is 9.27. The summed E-state index contributed by atoms with van der Waals surface area (Å²) >= 11 is 0. The van der Waals surface area contributed by atoms with E-state index in [1.165, 1.54) is 11.1 Å². The van der Waals surface area contributed by atoms with Crippen LogP contribution in [0.3, 0.4) is 0 Å². The number of rotatable bonds is 5. The highest BCUT2D eigenvalue weighted by atomic mass is 16.7. The maximum atomic E-state index is 12.1. The lowest BCUT2D eigenvalue weighted by molar-refractivity contribution is -0.143. The van der Waals surface area contributed by atoms with Crippen molar-refractivity contribution in [3.63, 3.8) is 0 Å². The number of oxime groups is 1. The topological polar surface area (TPSA) is 112 Å². The lowest BCUT2D eigenvalue weighted by atomic mass is 9.51. The monoisotopic (exact) mass is 487 g/mol. The number of carboxylic acids is 1. The molecule has 0 aromatic heterocycles. The molecule has 1 aromatic rings. The largest absolute Gasteiger partial charge is 0.481 e. The van der Waals surface area contributed by atoms with Crippen molar-refractivity contribution >= 4 is 23.5 Å². The van der Waals surface area contributed by atoms with E-state index < -0.39 is 17.5 Å². The van der Waals surface area contributed by atoms with Crippen LogP contribution in [0.25, 0.3) is 0 Å². The van der Waals surface area contributed by atoms with Crippen LogP contribution < -0.4 is 5.32 Å². The number of carbonyl (C=O) groups excluding carboxylic acids is 1. The number of hydrogen-bond acceptors (Lipinski definition) is 5. The lowest BCUT2D eigenvalue weighted by Crippen LogP contribution is -2.46. The number of fused-ring (bicyclic) bond motifs is 4. The summed E-state index contributed by atoms with van der Waals surface area (Å²) in [6.45, 7) is 2.27. The first-order valence-electron chi connectivity index (χ1n) is 13.0. The summed E-state index contributed by atoms with van der Waals surface area (Å²) in [5, 5.41) is 26.0. The van der Waals surface area contributed by atoms with Gasteiger partial charge in [0.15, 0.2) is 0 Å². The molecule has 0 radical (unpaired) electrons. The predicted molar refractivity (Wildman–Crippen MR) is 136 cm³/mol. The molecule has 4 aliphatic rings. The molecule has 0 spiro atoms. The third-order valence-corrected chi connectivity index (χ3v) is 9.46. The van der Waals surface area contributed by atoms with Crippen LogP contribution in [0.1, 0.15) is 71.1 Å². The Morgan fingerprint density at radius 2 is 1.97 bits per heavy atom. The van der Waals surface area contributed by atoms with E-state index >= 15 is 0 Å². The molecule has 1 aromatic carbocycles.